The molecule has 4 aromatic rings. The number of carbonyl (C=O) groups is 2. The minimum Gasteiger partial charge on any atom is -0.355 e. The molecule has 0 saturated heterocycles. The predicted molar refractivity (Wildman–Crippen MR) is 157 cm³/mol. The zero-order chi connectivity index (χ0) is 30.1. The van der Waals surface area contributed by atoms with Crippen molar-refractivity contribution in [3.63, 3.8) is 0 Å². The van der Waals surface area contributed by atoms with Gasteiger partial charge in [0.15, 0.2) is 0 Å². The molecule has 0 aromatic heterocycles. The number of likely N-dealkylation sites (N-methyl/N-ethyl adjacent to an activating group) is 1. The van der Waals surface area contributed by atoms with Crippen LogP contribution in [0.3, 0.4) is 0 Å². The number of hydrogen-bond acceptors (Lipinski definition) is 4. The van der Waals surface area contributed by atoms with Crippen LogP contribution < -0.4 is 9.62 Å². The minimum absolute atomic E-state index is 0.0764. The lowest BCUT2D eigenvalue weighted by Gasteiger charge is -2.33. The monoisotopic (exact) mass is 591 g/mol. The molecule has 10 heteroatoms. The lowest BCUT2D eigenvalue weighted by Crippen LogP contribution is -2.53. The minimum atomic E-state index is -4.32. The van der Waals surface area contributed by atoms with Crippen molar-refractivity contribution in [3.05, 3.63) is 132 Å². The van der Waals surface area contributed by atoms with Gasteiger partial charge in [-0.1, -0.05) is 60.7 Å². The average Bonchev–Trinajstić information content (AvgIpc) is 2.99. The quantitative estimate of drug-likeness (QED) is 0.253. The number of hydrogen-bond donors (Lipinski definition) is 1. The molecule has 0 aliphatic rings. The van der Waals surface area contributed by atoms with Gasteiger partial charge in [-0.05, 0) is 66.6 Å². The Morgan fingerprint density at radius 3 is 1.88 bits per heavy atom. The van der Waals surface area contributed by atoms with Crippen molar-refractivity contribution in [2.75, 3.05) is 17.4 Å². The standard InChI is InChI=1S/C32H31F2N3O4S/c1-2-35-32(39)30(21-24-9-5-3-6-10-24)36(22-25-13-15-26(33)16-14-25)31(38)23-37(28-11-7-4-8-12-28)42(40,41)29-19-17-27(34)18-20-29/h3-20,30H,2,21-23H2,1H3,(H,35,39). The number of benzene rings is 4. The second-order valence-electron chi connectivity index (χ2n) is 9.55. The maximum Gasteiger partial charge on any atom is 0.264 e. The van der Waals surface area contributed by atoms with Crippen LogP contribution in [0.15, 0.2) is 114 Å². The Kier molecular flexibility index (Phi) is 10.0. The number of nitrogens with one attached hydrogen (secondary N) is 1. The first-order chi connectivity index (χ1) is 20.2. The molecule has 218 valence electrons. The Labute approximate surface area is 244 Å². The number of amides is 2. The number of halogens is 2. The van der Waals surface area contributed by atoms with Crippen LogP contribution in [0.1, 0.15) is 18.1 Å². The first-order valence-electron chi connectivity index (χ1n) is 13.4. The van der Waals surface area contributed by atoms with Crippen LogP contribution >= 0.6 is 0 Å². The molecule has 2 amide bonds. The second-order valence-corrected chi connectivity index (χ2v) is 11.4. The molecule has 42 heavy (non-hydrogen) atoms. The van der Waals surface area contributed by atoms with Crippen LogP contribution in [0.2, 0.25) is 0 Å². The third-order valence-corrected chi connectivity index (χ3v) is 8.40. The normalized spacial score (nSPS) is 11.9. The van der Waals surface area contributed by atoms with Gasteiger partial charge in [0.05, 0.1) is 10.6 Å². The molecule has 1 N–H and O–H groups in total. The van der Waals surface area contributed by atoms with E-state index in [1.165, 1.54) is 29.2 Å². The molecule has 0 saturated carbocycles. The van der Waals surface area contributed by atoms with Crippen LogP contribution in [0, 0.1) is 11.6 Å². The number of anilines is 1. The molecule has 4 rings (SSSR count). The van der Waals surface area contributed by atoms with E-state index in [0.29, 0.717) is 12.1 Å². The van der Waals surface area contributed by atoms with Crippen LogP contribution in [0.5, 0.6) is 0 Å². The summed E-state index contributed by atoms with van der Waals surface area (Å²) < 4.78 is 55.9. The summed E-state index contributed by atoms with van der Waals surface area (Å²) in [4.78, 5) is 28.7. The topological polar surface area (TPSA) is 86.8 Å². The summed E-state index contributed by atoms with van der Waals surface area (Å²) in [5, 5.41) is 2.78. The Hall–Kier alpha value is -4.57. The van der Waals surface area contributed by atoms with E-state index in [2.05, 4.69) is 5.32 Å². The number of rotatable bonds is 12. The van der Waals surface area contributed by atoms with Gasteiger partial charge in [-0.25, -0.2) is 17.2 Å². The molecular weight excluding hydrogens is 560 g/mol. The Morgan fingerprint density at radius 1 is 0.762 bits per heavy atom. The third kappa shape index (κ3) is 7.58. The molecule has 0 bridgehead atoms. The van der Waals surface area contributed by atoms with Gasteiger partial charge < -0.3 is 10.2 Å². The zero-order valence-electron chi connectivity index (χ0n) is 23.0. The van der Waals surface area contributed by atoms with Crippen molar-refractivity contribution in [1.82, 2.24) is 10.2 Å². The maximum absolute atomic E-state index is 14.2. The molecule has 1 atom stereocenters. The van der Waals surface area contributed by atoms with Gasteiger partial charge in [0.25, 0.3) is 10.0 Å². The molecule has 0 fully saturated rings. The van der Waals surface area contributed by atoms with E-state index in [4.69, 9.17) is 0 Å². The lowest BCUT2D eigenvalue weighted by atomic mass is 10.0. The number of carbonyl (C=O) groups excluding carboxylic acids is 2. The van der Waals surface area contributed by atoms with E-state index in [-0.39, 0.29) is 23.5 Å². The van der Waals surface area contributed by atoms with Gasteiger partial charge in [-0.2, -0.15) is 0 Å². The van der Waals surface area contributed by atoms with Gasteiger partial charge in [-0.15, -0.1) is 0 Å². The van der Waals surface area contributed by atoms with Gasteiger partial charge in [0.1, 0.15) is 24.2 Å². The van der Waals surface area contributed by atoms with Crippen LogP contribution in [-0.4, -0.2) is 44.3 Å². The summed E-state index contributed by atoms with van der Waals surface area (Å²) in [5.74, 6) is -2.13. The van der Waals surface area contributed by atoms with Crippen molar-refractivity contribution >= 4 is 27.5 Å². The summed E-state index contributed by atoms with van der Waals surface area (Å²) in [6.07, 6.45) is 0.162. The Bertz CT molecular complexity index is 1580. The zero-order valence-corrected chi connectivity index (χ0v) is 23.8. The Morgan fingerprint density at radius 2 is 1.31 bits per heavy atom. The second kappa shape index (κ2) is 13.9. The molecule has 7 nitrogen and oxygen atoms in total. The highest BCUT2D eigenvalue weighted by molar-refractivity contribution is 7.92. The summed E-state index contributed by atoms with van der Waals surface area (Å²) in [5.41, 5.74) is 1.57. The summed E-state index contributed by atoms with van der Waals surface area (Å²) in [6.45, 7) is 1.36. The Balaban J connectivity index is 1.77. The molecule has 1 unspecified atom stereocenters. The molecule has 0 aliphatic heterocycles. The summed E-state index contributed by atoms with van der Waals surface area (Å²) in [6, 6.07) is 26.1. The van der Waals surface area contributed by atoms with E-state index < -0.39 is 46.1 Å². The van der Waals surface area contributed by atoms with Crippen molar-refractivity contribution in [1.29, 1.82) is 0 Å². The maximum atomic E-state index is 14.2. The van der Waals surface area contributed by atoms with E-state index in [1.807, 2.05) is 30.3 Å². The van der Waals surface area contributed by atoms with E-state index in [9.17, 15) is 26.8 Å². The summed E-state index contributed by atoms with van der Waals surface area (Å²) >= 11 is 0. The van der Waals surface area contributed by atoms with Crippen LogP contribution in [0.4, 0.5) is 14.5 Å². The highest BCUT2D eigenvalue weighted by atomic mass is 32.2. The first kappa shape index (κ1) is 30.4. The van der Waals surface area contributed by atoms with E-state index in [0.717, 1.165) is 34.1 Å². The SMILES string of the molecule is CCNC(=O)C(Cc1ccccc1)N(Cc1ccc(F)cc1)C(=O)CN(c1ccccc1)S(=O)(=O)c1ccc(F)cc1. The molecule has 0 heterocycles. The largest absolute Gasteiger partial charge is 0.355 e. The molecule has 0 spiro atoms. The molecular formula is C32H31F2N3O4S. The van der Waals surface area contributed by atoms with Crippen LogP contribution in [0.25, 0.3) is 0 Å². The summed E-state index contributed by atoms with van der Waals surface area (Å²) in [7, 11) is -4.32. The predicted octanol–water partition coefficient (Wildman–Crippen LogP) is 4.94. The van der Waals surface area contributed by atoms with Crippen LogP contribution in [-0.2, 0) is 32.6 Å². The molecule has 0 radical (unpaired) electrons. The smallest absolute Gasteiger partial charge is 0.264 e. The highest BCUT2D eigenvalue weighted by Gasteiger charge is 2.34. The van der Waals surface area contributed by atoms with Crippen molar-refractivity contribution < 1.29 is 26.8 Å². The fourth-order valence-corrected chi connectivity index (χ4v) is 5.90. The van der Waals surface area contributed by atoms with E-state index in [1.54, 1.807) is 37.3 Å². The van der Waals surface area contributed by atoms with Gasteiger partial charge in [0, 0.05) is 19.5 Å². The number of nitrogens with zero attached hydrogens (tertiary/aromatic N) is 2. The fourth-order valence-electron chi connectivity index (χ4n) is 4.49. The van der Waals surface area contributed by atoms with Crippen molar-refractivity contribution in [2.45, 2.75) is 30.8 Å². The van der Waals surface area contributed by atoms with Crippen molar-refractivity contribution in [2.24, 2.45) is 0 Å². The number of sulfonamides is 1. The fraction of sp³-hybridized carbons (Fsp3) is 0.188. The van der Waals surface area contributed by atoms with Gasteiger partial charge in [-0.3, -0.25) is 13.9 Å². The first-order valence-corrected chi connectivity index (χ1v) is 14.8. The molecule has 0 aliphatic carbocycles. The highest BCUT2D eigenvalue weighted by Crippen LogP contribution is 2.25. The van der Waals surface area contributed by atoms with E-state index >= 15 is 0 Å². The lowest BCUT2D eigenvalue weighted by molar-refractivity contribution is -0.140. The van der Waals surface area contributed by atoms with Crippen molar-refractivity contribution in [3.8, 4) is 0 Å². The average molecular weight is 592 g/mol. The van der Waals surface area contributed by atoms with Gasteiger partial charge in [0.2, 0.25) is 11.8 Å². The van der Waals surface area contributed by atoms with Gasteiger partial charge >= 0.3 is 0 Å². The molecule has 4 aromatic carbocycles. The third-order valence-electron chi connectivity index (χ3n) is 6.61. The number of para-hydroxylation sites is 1.